The molecule has 0 aromatic carbocycles. The van der Waals surface area contributed by atoms with Gasteiger partial charge in [-0.2, -0.15) is 0 Å². The van der Waals surface area contributed by atoms with Crippen LogP contribution in [0, 0.1) is 0 Å². The molecule has 0 bridgehead atoms. The van der Waals surface area contributed by atoms with E-state index in [1.54, 1.807) is 0 Å². The fourth-order valence-electron chi connectivity index (χ4n) is 0.115. The molecule has 0 amide bonds. The summed E-state index contributed by atoms with van der Waals surface area (Å²) in [6.07, 6.45) is -3.07. The molecule has 8 N–H and O–H groups in total. The highest BCUT2D eigenvalue weighted by molar-refractivity contribution is 4.44. The summed E-state index contributed by atoms with van der Waals surface area (Å²) in [5.74, 6) is 0. The Bertz CT molecular complexity index is 89.5. The van der Waals surface area contributed by atoms with Crippen LogP contribution in [0.3, 0.4) is 0 Å². The zero-order valence-electron chi connectivity index (χ0n) is 9.14. The first-order valence-electron chi connectivity index (χ1n) is 4.51. The lowest BCUT2D eigenvalue weighted by Crippen LogP contribution is -2.15. The fraction of sp³-hybridized carbons (Fsp3) is 1.00. The van der Waals surface area contributed by atoms with Crippen LogP contribution in [0.1, 0.15) is 6.92 Å². The number of aliphatic hydroxyl groups is 8. The first-order valence-corrected chi connectivity index (χ1v) is 4.51. The van der Waals surface area contributed by atoms with Crippen molar-refractivity contribution in [1.29, 1.82) is 0 Å². The maximum atomic E-state index is 8.17. The first kappa shape index (κ1) is 21.0. The Balaban J connectivity index is -0.000000162. The molecule has 8 heteroatoms. The van der Waals surface area contributed by atoms with Crippen molar-refractivity contribution >= 4 is 0 Å². The van der Waals surface area contributed by atoms with Gasteiger partial charge < -0.3 is 40.9 Å². The molecule has 102 valence electrons. The summed E-state index contributed by atoms with van der Waals surface area (Å²) in [6, 6.07) is 0. The van der Waals surface area contributed by atoms with Crippen LogP contribution >= 0.6 is 0 Å². The lowest BCUT2D eigenvalue weighted by Gasteiger charge is -1.96. The van der Waals surface area contributed by atoms with Crippen molar-refractivity contribution in [3.8, 4) is 0 Å². The third-order valence-electron chi connectivity index (χ3n) is 0.843. The van der Waals surface area contributed by atoms with E-state index >= 15 is 0 Å². The van der Waals surface area contributed by atoms with Gasteiger partial charge in [-0.1, -0.05) is 0 Å². The van der Waals surface area contributed by atoms with Gasteiger partial charge in [-0.3, -0.25) is 0 Å². The van der Waals surface area contributed by atoms with Gasteiger partial charge in [0.05, 0.1) is 26.4 Å². The topological polar surface area (TPSA) is 162 Å². The molecule has 0 aliphatic carbocycles. The molecule has 0 aliphatic heterocycles. The summed E-state index contributed by atoms with van der Waals surface area (Å²) in [4.78, 5) is 0. The van der Waals surface area contributed by atoms with E-state index < -0.39 is 18.5 Å². The van der Waals surface area contributed by atoms with Crippen molar-refractivity contribution in [2.24, 2.45) is 0 Å². The Morgan fingerprint density at radius 1 is 0.625 bits per heavy atom. The Hall–Kier alpha value is -0.320. The van der Waals surface area contributed by atoms with E-state index in [4.69, 9.17) is 40.9 Å². The van der Waals surface area contributed by atoms with Crippen LogP contribution < -0.4 is 0 Å². The van der Waals surface area contributed by atoms with Crippen LogP contribution in [-0.2, 0) is 0 Å². The molecular formula is C8H22O8. The lowest BCUT2D eigenvalue weighted by atomic mass is 10.4. The highest BCUT2D eigenvalue weighted by atomic mass is 16.5. The summed E-state index contributed by atoms with van der Waals surface area (Å²) in [5.41, 5.74) is 0. The lowest BCUT2D eigenvalue weighted by molar-refractivity contribution is -0.0228. The van der Waals surface area contributed by atoms with Gasteiger partial charge in [-0.15, -0.1) is 0 Å². The second-order valence-corrected chi connectivity index (χ2v) is 2.67. The fourth-order valence-corrected chi connectivity index (χ4v) is 0.115. The van der Waals surface area contributed by atoms with Gasteiger partial charge in [0.15, 0.2) is 0 Å². The monoisotopic (exact) mass is 246 g/mol. The van der Waals surface area contributed by atoms with Gasteiger partial charge in [-0.25, -0.2) is 0 Å². The second-order valence-electron chi connectivity index (χ2n) is 2.67. The van der Waals surface area contributed by atoms with E-state index in [9.17, 15) is 0 Å². The van der Waals surface area contributed by atoms with Crippen molar-refractivity contribution < 1.29 is 40.9 Å². The van der Waals surface area contributed by atoms with E-state index in [1.807, 2.05) is 0 Å². The third kappa shape index (κ3) is 37.3. The first-order chi connectivity index (χ1) is 7.35. The molecule has 0 heterocycles. The van der Waals surface area contributed by atoms with E-state index in [2.05, 4.69) is 0 Å². The third-order valence-corrected chi connectivity index (χ3v) is 0.843. The van der Waals surface area contributed by atoms with Gasteiger partial charge in [0, 0.05) is 0 Å². The van der Waals surface area contributed by atoms with E-state index in [1.165, 1.54) is 6.92 Å². The largest absolute Gasteiger partial charge is 0.394 e. The number of hydrogen-bond donors (Lipinski definition) is 8. The summed E-state index contributed by atoms with van der Waals surface area (Å²) in [6.45, 7) is -0.181. The molecule has 0 saturated carbocycles. The number of aliphatic hydroxyl groups excluding tert-OH is 7. The number of hydrogen-bond acceptors (Lipinski definition) is 8. The van der Waals surface area contributed by atoms with Crippen LogP contribution in [0.25, 0.3) is 0 Å². The molecule has 0 aromatic rings. The van der Waals surface area contributed by atoms with E-state index in [0.29, 0.717) is 0 Å². The molecule has 0 unspecified atom stereocenters. The SMILES string of the molecule is CC(O)O.OCC(O)CO.OCC(O)CO. The van der Waals surface area contributed by atoms with Crippen LogP contribution in [0.15, 0.2) is 0 Å². The minimum atomic E-state index is -1.17. The van der Waals surface area contributed by atoms with Crippen LogP contribution in [-0.4, -0.2) is 85.8 Å². The molecule has 8 nitrogen and oxygen atoms in total. The van der Waals surface area contributed by atoms with Crippen molar-refractivity contribution in [2.75, 3.05) is 26.4 Å². The zero-order chi connectivity index (χ0) is 13.6. The zero-order valence-corrected chi connectivity index (χ0v) is 9.14. The summed E-state index contributed by atoms with van der Waals surface area (Å²) in [7, 11) is 0. The summed E-state index contributed by atoms with van der Waals surface area (Å²) < 4.78 is 0. The minimum absolute atomic E-state index is 0.365. The highest BCUT2D eigenvalue weighted by Gasteiger charge is 1.94. The van der Waals surface area contributed by atoms with Gasteiger partial charge in [0.1, 0.15) is 18.5 Å². The molecule has 0 fully saturated rings. The normalized spacial score (nSPS) is 9.75. The van der Waals surface area contributed by atoms with Crippen LogP contribution in [0.5, 0.6) is 0 Å². The molecule has 0 rings (SSSR count). The summed E-state index contributed by atoms with van der Waals surface area (Å²) >= 11 is 0. The van der Waals surface area contributed by atoms with E-state index in [-0.39, 0.29) is 26.4 Å². The molecule has 0 radical (unpaired) electrons. The van der Waals surface area contributed by atoms with Crippen LogP contribution in [0.4, 0.5) is 0 Å². The maximum absolute atomic E-state index is 8.17. The smallest absolute Gasteiger partial charge is 0.148 e. The van der Waals surface area contributed by atoms with Gasteiger partial charge in [-0.05, 0) is 6.92 Å². The quantitative estimate of drug-likeness (QED) is 0.233. The molecule has 0 saturated heterocycles. The summed E-state index contributed by atoms with van der Waals surface area (Å²) in [5, 5.41) is 63.3. The molecule has 0 aromatic heterocycles. The van der Waals surface area contributed by atoms with Crippen molar-refractivity contribution in [3.05, 3.63) is 0 Å². The van der Waals surface area contributed by atoms with Gasteiger partial charge >= 0.3 is 0 Å². The molecular weight excluding hydrogens is 224 g/mol. The maximum Gasteiger partial charge on any atom is 0.148 e. The van der Waals surface area contributed by atoms with Gasteiger partial charge in [0.25, 0.3) is 0 Å². The Labute approximate surface area is 93.7 Å². The molecule has 0 aliphatic rings. The molecule has 0 atom stereocenters. The average molecular weight is 246 g/mol. The van der Waals surface area contributed by atoms with E-state index in [0.717, 1.165) is 0 Å². The Morgan fingerprint density at radius 2 is 0.750 bits per heavy atom. The number of rotatable bonds is 4. The minimum Gasteiger partial charge on any atom is -0.394 e. The van der Waals surface area contributed by atoms with Crippen molar-refractivity contribution in [1.82, 2.24) is 0 Å². The Morgan fingerprint density at radius 3 is 0.750 bits per heavy atom. The van der Waals surface area contributed by atoms with Crippen molar-refractivity contribution in [2.45, 2.75) is 25.4 Å². The Kier molecular flexibility index (Phi) is 22.4. The van der Waals surface area contributed by atoms with Gasteiger partial charge in [0.2, 0.25) is 0 Å². The molecule has 16 heavy (non-hydrogen) atoms. The second kappa shape index (κ2) is 17.1. The average Bonchev–Trinajstić information content (AvgIpc) is 2.26. The van der Waals surface area contributed by atoms with Crippen molar-refractivity contribution in [3.63, 3.8) is 0 Å². The highest BCUT2D eigenvalue weighted by Crippen LogP contribution is 1.72. The standard InChI is InChI=1S/2C3H8O3.C2H6O2/c2*4-1-3(6)2-5;1-2(3)4/h2*3-6H,1-2H2;2-4H,1H3. The predicted molar refractivity (Wildman–Crippen MR) is 54.3 cm³/mol. The molecule has 0 spiro atoms. The predicted octanol–water partition coefficient (Wildman–Crippen LogP) is -4.02. The van der Waals surface area contributed by atoms with Crippen LogP contribution in [0.2, 0.25) is 0 Å².